The Bertz CT molecular complexity index is 586. The van der Waals surface area contributed by atoms with Gasteiger partial charge in [0.05, 0.1) is 6.04 Å². The molecule has 0 spiro atoms. The van der Waals surface area contributed by atoms with Crippen LogP contribution in [-0.2, 0) is 4.79 Å². The number of hydrogen-bond acceptors (Lipinski definition) is 7. The summed E-state index contributed by atoms with van der Waals surface area (Å²) < 4.78 is 5.66. The van der Waals surface area contributed by atoms with Crippen molar-refractivity contribution in [3.63, 3.8) is 0 Å². The van der Waals surface area contributed by atoms with Gasteiger partial charge in [0.25, 0.3) is 5.22 Å². The molecule has 0 saturated heterocycles. The average molecular weight is 413 g/mol. The molecule has 0 bridgehead atoms. The average Bonchev–Trinajstić information content (AvgIpc) is 2.92. The van der Waals surface area contributed by atoms with E-state index in [-0.39, 0.29) is 17.7 Å². The molecule has 28 heavy (non-hydrogen) atoms. The topological polar surface area (TPSA) is 91.5 Å². The summed E-state index contributed by atoms with van der Waals surface area (Å²) >= 11 is 1.47. The van der Waals surface area contributed by atoms with Crippen LogP contribution in [0, 0.1) is 11.8 Å². The molecule has 2 atom stereocenters. The predicted octanol–water partition coefficient (Wildman–Crippen LogP) is 3.26. The van der Waals surface area contributed by atoms with Crippen molar-refractivity contribution in [2.24, 2.45) is 11.8 Å². The highest BCUT2D eigenvalue weighted by Crippen LogP contribution is 2.27. The van der Waals surface area contributed by atoms with Gasteiger partial charge in [0, 0.05) is 18.2 Å². The molecular weight excluding hydrogens is 376 g/mol. The molecule has 1 fully saturated rings. The van der Waals surface area contributed by atoms with Crippen LogP contribution in [0.2, 0.25) is 0 Å². The molecule has 1 aromatic rings. The van der Waals surface area contributed by atoms with Crippen LogP contribution in [0.4, 0.5) is 0 Å². The molecule has 1 saturated carbocycles. The maximum atomic E-state index is 12.8. The van der Waals surface area contributed by atoms with E-state index in [2.05, 4.69) is 34.3 Å². The highest BCUT2D eigenvalue weighted by Gasteiger charge is 2.30. The molecule has 8 heteroatoms. The second kappa shape index (κ2) is 11.8. The molecule has 1 aromatic heterocycles. The van der Waals surface area contributed by atoms with Crippen molar-refractivity contribution < 1.29 is 14.3 Å². The van der Waals surface area contributed by atoms with Gasteiger partial charge in [-0.3, -0.25) is 4.79 Å². The van der Waals surface area contributed by atoms with E-state index in [0.29, 0.717) is 17.6 Å². The number of rotatable bonds is 10. The molecule has 1 aliphatic rings. The van der Waals surface area contributed by atoms with Gasteiger partial charge in [-0.15, -0.1) is 10.2 Å². The molecule has 0 aliphatic heterocycles. The van der Waals surface area contributed by atoms with Crippen LogP contribution >= 0.6 is 11.8 Å². The maximum Gasteiger partial charge on any atom is 0.276 e. The number of thioether (sulfide) groups is 1. The lowest BCUT2D eigenvalue weighted by molar-refractivity contribution is -0.127. The monoisotopic (exact) mass is 412 g/mol. The number of aliphatic hydroxyl groups excluding tert-OH is 1. The Hall–Kier alpha value is -1.12. The normalized spacial score (nSPS) is 18.2. The van der Waals surface area contributed by atoms with Gasteiger partial charge >= 0.3 is 0 Å². The first-order valence-electron chi connectivity index (χ1n) is 10.5. The van der Waals surface area contributed by atoms with Crippen molar-refractivity contribution in [2.75, 3.05) is 26.4 Å². The van der Waals surface area contributed by atoms with Gasteiger partial charge in [0.1, 0.15) is 0 Å². The van der Waals surface area contributed by atoms with Gasteiger partial charge in [-0.05, 0) is 39.3 Å². The Kier molecular flexibility index (Phi) is 9.74. The van der Waals surface area contributed by atoms with Gasteiger partial charge in [-0.25, -0.2) is 0 Å². The number of amides is 1. The second-order valence-electron chi connectivity index (χ2n) is 8.44. The molecule has 2 N–H and O–H groups in total. The van der Waals surface area contributed by atoms with E-state index in [1.54, 1.807) is 0 Å². The summed E-state index contributed by atoms with van der Waals surface area (Å²) in [4.78, 5) is 14.9. The first kappa shape index (κ1) is 23.2. The van der Waals surface area contributed by atoms with Crippen LogP contribution in [0.25, 0.3) is 0 Å². The van der Waals surface area contributed by atoms with Crippen molar-refractivity contribution in [1.29, 1.82) is 0 Å². The summed E-state index contributed by atoms with van der Waals surface area (Å²) in [6, 6.07) is -0.421. The third-order valence-corrected chi connectivity index (χ3v) is 5.90. The molecule has 0 aromatic carbocycles. The quantitative estimate of drug-likeness (QED) is 0.450. The highest BCUT2D eigenvalue weighted by molar-refractivity contribution is 7.99. The van der Waals surface area contributed by atoms with Crippen molar-refractivity contribution >= 4 is 17.7 Å². The van der Waals surface area contributed by atoms with E-state index in [1.165, 1.54) is 24.6 Å². The first-order chi connectivity index (χ1) is 13.4. The van der Waals surface area contributed by atoms with E-state index in [9.17, 15) is 9.90 Å². The lowest BCUT2D eigenvalue weighted by atomic mass is 9.95. The number of nitrogens with one attached hydrogen (secondary N) is 1. The zero-order chi connectivity index (χ0) is 20.5. The second-order valence-corrected chi connectivity index (χ2v) is 9.48. The zero-order valence-electron chi connectivity index (χ0n) is 17.7. The van der Waals surface area contributed by atoms with Crippen molar-refractivity contribution in [1.82, 2.24) is 20.4 Å². The minimum Gasteiger partial charge on any atom is -0.413 e. The largest absolute Gasteiger partial charge is 0.413 e. The van der Waals surface area contributed by atoms with Gasteiger partial charge < -0.3 is 19.7 Å². The predicted molar refractivity (Wildman–Crippen MR) is 111 cm³/mol. The standard InChI is InChI=1S/C20H36N4O3S/c1-14(2)13-16(21-18(26)15-9-7-5-6-8-10-15)17(25)19-22-23-20(27-19)28-12-11-24(3)4/h14-17,25H,5-13H2,1-4H3,(H,21,26). The summed E-state index contributed by atoms with van der Waals surface area (Å²) in [5.74, 6) is 1.43. The van der Waals surface area contributed by atoms with Crippen LogP contribution in [0.3, 0.4) is 0 Å². The number of aliphatic hydroxyl groups is 1. The fourth-order valence-corrected chi connectivity index (χ4v) is 4.38. The molecule has 2 unspecified atom stereocenters. The molecule has 1 aliphatic carbocycles. The molecule has 1 heterocycles. The lowest BCUT2D eigenvalue weighted by Gasteiger charge is -2.26. The molecule has 160 valence electrons. The zero-order valence-corrected chi connectivity index (χ0v) is 18.5. The van der Waals surface area contributed by atoms with Crippen LogP contribution in [0.5, 0.6) is 0 Å². The third kappa shape index (κ3) is 7.72. The van der Waals surface area contributed by atoms with Crippen LogP contribution in [0.15, 0.2) is 9.64 Å². The van der Waals surface area contributed by atoms with E-state index >= 15 is 0 Å². The fourth-order valence-electron chi connectivity index (χ4n) is 3.50. The summed E-state index contributed by atoms with van der Waals surface area (Å²) in [5.41, 5.74) is 0. The smallest absolute Gasteiger partial charge is 0.276 e. The number of carbonyl (C=O) groups excluding carboxylic acids is 1. The van der Waals surface area contributed by atoms with Crippen molar-refractivity contribution in [3.8, 4) is 0 Å². The van der Waals surface area contributed by atoms with E-state index < -0.39 is 12.1 Å². The van der Waals surface area contributed by atoms with Crippen LogP contribution in [0.1, 0.15) is 70.8 Å². The number of hydrogen-bond donors (Lipinski definition) is 2. The number of aromatic nitrogens is 2. The van der Waals surface area contributed by atoms with Gasteiger partial charge in [0.2, 0.25) is 11.8 Å². The molecule has 1 amide bonds. The number of carbonyl (C=O) groups is 1. The Morgan fingerprint density at radius 2 is 1.93 bits per heavy atom. The van der Waals surface area contributed by atoms with E-state index in [1.807, 2.05) is 14.1 Å². The van der Waals surface area contributed by atoms with Crippen LogP contribution in [-0.4, -0.2) is 58.5 Å². The van der Waals surface area contributed by atoms with Gasteiger partial charge in [-0.1, -0.05) is 51.3 Å². The lowest BCUT2D eigenvalue weighted by Crippen LogP contribution is -2.43. The molecule has 0 radical (unpaired) electrons. The van der Waals surface area contributed by atoms with E-state index in [0.717, 1.165) is 38.0 Å². The Morgan fingerprint density at radius 3 is 2.54 bits per heavy atom. The molecule has 2 rings (SSSR count). The minimum atomic E-state index is -0.993. The van der Waals surface area contributed by atoms with E-state index in [4.69, 9.17) is 4.42 Å². The van der Waals surface area contributed by atoms with Crippen molar-refractivity contribution in [3.05, 3.63) is 5.89 Å². The Morgan fingerprint density at radius 1 is 1.25 bits per heavy atom. The molecular formula is C20H36N4O3S. The summed E-state index contributed by atoms with van der Waals surface area (Å²) in [7, 11) is 4.02. The molecule has 7 nitrogen and oxygen atoms in total. The fraction of sp³-hybridized carbons (Fsp3) is 0.850. The van der Waals surface area contributed by atoms with Gasteiger partial charge in [-0.2, -0.15) is 0 Å². The summed E-state index contributed by atoms with van der Waals surface area (Å²) in [6.07, 6.45) is 6.15. The third-order valence-electron chi connectivity index (χ3n) is 5.10. The Balaban J connectivity index is 1.98. The van der Waals surface area contributed by atoms with Crippen LogP contribution < -0.4 is 5.32 Å². The first-order valence-corrected chi connectivity index (χ1v) is 11.4. The number of nitrogens with zero attached hydrogens (tertiary/aromatic N) is 3. The van der Waals surface area contributed by atoms with Gasteiger partial charge in [0.15, 0.2) is 6.10 Å². The SMILES string of the molecule is CC(C)CC(NC(=O)C1CCCCCC1)C(O)c1nnc(SCCN(C)C)o1. The Labute approximate surface area is 173 Å². The minimum absolute atomic E-state index is 0.0456. The summed E-state index contributed by atoms with van der Waals surface area (Å²) in [5, 5.41) is 22.4. The highest BCUT2D eigenvalue weighted by atomic mass is 32.2. The van der Waals surface area contributed by atoms with Crippen molar-refractivity contribution in [2.45, 2.75) is 76.2 Å². The summed E-state index contributed by atoms with van der Waals surface area (Å²) in [6.45, 7) is 5.06. The maximum absolute atomic E-state index is 12.8.